The molecule has 0 atom stereocenters. The van der Waals surface area contributed by atoms with E-state index in [4.69, 9.17) is 5.11 Å². The summed E-state index contributed by atoms with van der Waals surface area (Å²) in [5, 5.41) is 16.7. The van der Waals surface area contributed by atoms with Crippen LogP contribution >= 0.6 is 15.9 Å². The summed E-state index contributed by atoms with van der Waals surface area (Å²) in [5.41, 5.74) is 0.928. The Morgan fingerprint density at radius 3 is 2.62 bits per heavy atom. The number of carboxylic acids is 1. The first-order chi connectivity index (χ1) is 9.88. The Hall–Kier alpha value is -2.16. The lowest BCUT2D eigenvalue weighted by Crippen LogP contribution is -2.30. The van der Waals surface area contributed by atoms with E-state index in [-0.39, 0.29) is 18.0 Å². The van der Waals surface area contributed by atoms with Gasteiger partial charge in [-0.05, 0) is 15.9 Å². The lowest BCUT2D eigenvalue weighted by atomic mass is 10.3. The molecule has 9 heteroatoms. The van der Waals surface area contributed by atoms with Crippen molar-refractivity contribution in [2.75, 3.05) is 7.05 Å². The van der Waals surface area contributed by atoms with Gasteiger partial charge >= 0.3 is 5.97 Å². The van der Waals surface area contributed by atoms with Gasteiger partial charge in [-0.1, -0.05) is 0 Å². The summed E-state index contributed by atoms with van der Waals surface area (Å²) in [7, 11) is 3.47. The first-order valence-corrected chi connectivity index (χ1v) is 6.84. The Morgan fingerprint density at radius 1 is 1.38 bits per heavy atom. The number of aryl methyl sites for hydroxylation is 1. The SMILES string of the molecule is CN(Cc1c(Br)cnn1C)C(=O)Cn1cc(C(=O)O)cn1. The van der Waals surface area contributed by atoms with Crippen LogP contribution in [0.4, 0.5) is 0 Å². The van der Waals surface area contributed by atoms with E-state index in [1.165, 1.54) is 22.0 Å². The van der Waals surface area contributed by atoms with Crippen LogP contribution in [0.2, 0.25) is 0 Å². The second-order valence-electron chi connectivity index (χ2n) is 4.54. The van der Waals surface area contributed by atoms with Crippen molar-refractivity contribution in [3.05, 3.63) is 34.3 Å². The zero-order valence-electron chi connectivity index (χ0n) is 11.5. The Balaban J connectivity index is 2.01. The van der Waals surface area contributed by atoms with Crippen LogP contribution in [-0.4, -0.2) is 48.5 Å². The van der Waals surface area contributed by atoms with Crippen molar-refractivity contribution in [2.24, 2.45) is 7.05 Å². The first-order valence-electron chi connectivity index (χ1n) is 6.04. The van der Waals surface area contributed by atoms with Crippen molar-refractivity contribution in [3.8, 4) is 0 Å². The highest BCUT2D eigenvalue weighted by atomic mass is 79.9. The van der Waals surface area contributed by atoms with Gasteiger partial charge in [0.25, 0.3) is 0 Å². The maximum Gasteiger partial charge on any atom is 0.338 e. The maximum absolute atomic E-state index is 12.1. The topological polar surface area (TPSA) is 93.2 Å². The van der Waals surface area contributed by atoms with E-state index in [9.17, 15) is 9.59 Å². The van der Waals surface area contributed by atoms with Gasteiger partial charge in [0.05, 0.1) is 34.7 Å². The number of hydrogen-bond acceptors (Lipinski definition) is 4. The highest BCUT2D eigenvalue weighted by Crippen LogP contribution is 2.16. The second kappa shape index (κ2) is 6.08. The fraction of sp³-hybridized carbons (Fsp3) is 0.333. The molecular formula is C12H14BrN5O3. The zero-order chi connectivity index (χ0) is 15.6. The average Bonchev–Trinajstić information content (AvgIpc) is 3.00. The molecule has 0 aliphatic carbocycles. The van der Waals surface area contributed by atoms with Crippen LogP contribution in [0.1, 0.15) is 16.1 Å². The lowest BCUT2D eigenvalue weighted by molar-refractivity contribution is -0.131. The molecule has 0 saturated heterocycles. The van der Waals surface area contributed by atoms with E-state index in [1.54, 1.807) is 25.0 Å². The molecule has 2 rings (SSSR count). The van der Waals surface area contributed by atoms with Gasteiger partial charge in [-0.15, -0.1) is 0 Å². The minimum Gasteiger partial charge on any atom is -0.478 e. The highest BCUT2D eigenvalue weighted by molar-refractivity contribution is 9.10. The third-order valence-electron chi connectivity index (χ3n) is 3.00. The van der Waals surface area contributed by atoms with E-state index in [1.807, 2.05) is 0 Å². The first kappa shape index (κ1) is 15.2. The summed E-state index contributed by atoms with van der Waals surface area (Å²) in [5.74, 6) is -1.25. The molecule has 1 amide bonds. The van der Waals surface area contributed by atoms with Crippen LogP contribution in [0.15, 0.2) is 23.1 Å². The van der Waals surface area contributed by atoms with Gasteiger partial charge in [-0.2, -0.15) is 10.2 Å². The third kappa shape index (κ3) is 3.48. The van der Waals surface area contributed by atoms with Gasteiger partial charge in [-0.25, -0.2) is 4.79 Å². The fourth-order valence-electron chi connectivity index (χ4n) is 1.75. The highest BCUT2D eigenvalue weighted by Gasteiger charge is 2.15. The van der Waals surface area contributed by atoms with Crippen molar-refractivity contribution in [3.63, 3.8) is 0 Å². The van der Waals surface area contributed by atoms with Crippen LogP contribution in [0, 0.1) is 0 Å². The normalized spacial score (nSPS) is 10.6. The third-order valence-corrected chi connectivity index (χ3v) is 3.66. The van der Waals surface area contributed by atoms with E-state index in [0.717, 1.165) is 10.2 Å². The number of hydrogen-bond donors (Lipinski definition) is 1. The van der Waals surface area contributed by atoms with Gasteiger partial charge in [-0.3, -0.25) is 14.2 Å². The van der Waals surface area contributed by atoms with Crippen LogP contribution in [0.3, 0.4) is 0 Å². The molecule has 0 radical (unpaired) electrons. The summed E-state index contributed by atoms with van der Waals surface area (Å²) in [4.78, 5) is 24.4. The molecule has 0 aromatic carbocycles. The van der Waals surface area contributed by atoms with E-state index in [0.29, 0.717) is 6.54 Å². The minimum absolute atomic E-state index is 0.0146. The molecule has 2 heterocycles. The summed E-state index contributed by atoms with van der Waals surface area (Å²) in [6.07, 6.45) is 4.21. The predicted molar refractivity (Wildman–Crippen MR) is 76.6 cm³/mol. The van der Waals surface area contributed by atoms with Gasteiger partial charge in [0.1, 0.15) is 6.54 Å². The van der Waals surface area contributed by atoms with Crippen LogP contribution in [0.25, 0.3) is 0 Å². The van der Waals surface area contributed by atoms with Crippen molar-refractivity contribution in [2.45, 2.75) is 13.1 Å². The summed E-state index contributed by atoms with van der Waals surface area (Å²) >= 11 is 3.38. The fourth-order valence-corrected chi connectivity index (χ4v) is 2.22. The molecule has 0 bridgehead atoms. The molecule has 112 valence electrons. The molecule has 21 heavy (non-hydrogen) atoms. The van der Waals surface area contributed by atoms with Crippen molar-refractivity contribution >= 4 is 27.8 Å². The number of aromatic carboxylic acids is 1. The van der Waals surface area contributed by atoms with Crippen molar-refractivity contribution in [1.82, 2.24) is 24.5 Å². The molecule has 8 nitrogen and oxygen atoms in total. The van der Waals surface area contributed by atoms with E-state index >= 15 is 0 Å². The smallest absolute Gasteiger partial charge is 0.338 e. The Kier molecular flexibility index (Phi) is 4.41. The number of amides is 1. The quantitative estimate of drug-likeness (QED) is 0.853. The molecule has 2 aromatic rings. The number of nitrogens with zero attached hydrogens (tertiary/aromatic N) is 5. The van der Waals surface area contributed by atoms with Gasteiger partial charge in [0.2, 0.25) is 5.91 Å². The second-order valence-corrected chi connectivity index (χ2v) is 5.40. The summed E-state index contributed by atoms with van der Waals surface area (Å²) in [6, 6.07) is 0. The summed E-state index contributed by atoms with van der Waals surface area (Å²) < 4.78 is 3.82. The number of halogens is 1. The molecule has 0 fully saturated rings. The monoisotopic (exact) mass is 355 g/mol. The molecule has 0 spiro atoms. The number of carbonyl (C=O) groups is 2. The standard InChI is InChI=1S/C12H14BrN5O3/c1-16(6-10-9(13)4-14-17(10)2)11(19)7-18-5-8(3-15-18)12(20)21/h3-5H,6-7H2,1-2H3,(H,20,21). The molecular weight excluding hydrogens is 342 g/mol. The van der Waals surface area contributed by atoms with Crippen LogP contribution in [-0.2, 0) is 24.9 Å². The molecule has 0 aliphatic rings. The number of carboxylic acid groups (broad SMARTS) is 1. The molecule has 0 unspecified atom stereocenters. The van der Waals surface area contributed by atoms with E-state index in [2.05, 4.69) is 26.1 Å². The predicted octanol–water partition coefficient (Wildman–Crippen LogP) is 0.736. The van der Waals surface area contributed by atoms with E-state index < -0.39 is 5.97 Å². The number of rotatable bonds is 5. The van der Waals surface area contributed by atoms with Gasteiger partial charge in [0, 0.05) is 20.3 Å². The van der Waals surface area contributed by atoms with Gasteiger partial charge < -0.3 is 10.0 Å². The van der Waals surface area contributed by atoms with Crippen LogP contribution in [0.5, 0.6) is 0 Å². The average molecular weight is 356 g/mol. The number of aromatic nitrogens is 4. The largest absolute Gasteiger partial charge is 0.478 e. The lowest BCUT2D eigenvalue weighted by Gasteiger charge is -2.17. The van der Waals surface area contributed by atoms with Crippen molar-refractivity contribution in [1.29, 1.82) is 0 Å². The molecule has 0 aliphatic heterocycles. The molecule has 1 N–H and O–H groups in total. The molecule has 0 saturated carbocycles. The summed E-state index contributed by atoms with van der Waals surface area (Å²) in [6.45, 7) is 0.377. The van der Waals surface area contributed by atoms with Crippen molar-refractivity contribution < 1.29 is 14.7 Å². The number of likely N-dealkylation sites (N-methyl/N-ethyl adjacent to an activating group) is 1. The number of carbonyl (C=O) groups excluding carboxylic acids is 1. The Morgan fingerprint density at radius 2 is 2.10 bits per heavy atom. The maximum atomic E-state index is 12.1. The van der Waals surface area contributed by atoms with Gasteiger partial charge in [0.15, 0.2) is 0 Å². The zero-order valence-corrected chi connectivity index (χ0v) is 13.1. The Bertz CT molecular complexity index is 659. The molecule has 2 aromatic heterocycles. The Labute approximate surface area is 129 Å². The van der Waals surface area contributed by atoms with Crippen LogP contribution < -0.4 is 0 Å². The minimum atomic E-state index is -1.07.